The molecule has 0 N–H and O–H groups in total. The number of piperidine rings is 1. The van der Waals surface area contributed by atoms with Gasteiger partial charge in [-0.1, -0.05) is 20.8 Å². The lowest BCUT2D eigenvalue weighted by atomic mass is 9.99. The van der Waals surface area contributed by atoms with E-state index in [1.165, 1.54) is 10.7 Å². The quantitative estimate of drug-likeness (QED) is 0.790. The van der Waals surface area contributed by atoms with Crippen molar-refractivity contribution in [2.24, 2.45) is 0 Å². The Hall–Kier alpha value is -1.40. The molecule has 1 aromatic rings. The molecule has 1 heterocycles. The first kappa shape index (κ1) is 18.9. The van der Waals surface area contributed by atoms with Crippen LogP contribution in [0.3, 0.4) is 0 Å². The number of rotatable bonds is 6. The number of benzene rings is 1. The second-order valence-corrected chi connectivity index (χ2v) is 8.11. The number of sulfonamides is 1. The van der Waals surface area contributed by atoms with E-state index in [0.717, 1.165) is 25.8 Å². The molecule has 1 aliphatic rings. The van der Waals surface area contributed by atoms with Crippen LogP contribution in [0.4, 0.5) is 0 Å². The van der Waals surface area contributed by atoms with Crippen LogP contribution in [-0.2, 0) is 10.0 Å². The van der Waals surface area contributed by atoms with Crippen LogP contribution in [0.25, 0.3) is 0 Å². The molecule has 0 aliphatic carbocycles. The van der Waals surface area contributed by atoms with E-state index in [2.05, 4.69) is 6.92 Å². The fourth-order valence-corrected chi connectivity index (χ4v) is 4.80. The molecule has 2 rings (SSSR count). The van der Waals surface area contributed by atoms with Crippen molar-refractivity contribution in [3.05, 3.63) is 29.8 Å². The molecule has 134 valence electrons. The minimum Gasteiger partial charge on any atom is -0.336 e. The zero-order chi connectivity index (χ0) is 17.7. The number of likely N-dealkylation sites (tertiary alicyclic amines) is 1. The van der Waals surface area contributed by atoms with Gasteiger partial charge >= 0.3 is 0 Å². The molecular weight excluding hydrogens is 324 g/mol. The average Bonchev–Trinajstić information content (AvgIpc) is 2.62. The van der Waals surface area contributed by atoms with Gasteiger partial charge in [-0.15, -0.1) is 0 Å². The first-order valence-corrected chi connectivity index (χ1v) is 10.3. The summed E-state index contributed by atoms with van der Waals surface area (Å²) in [6.07, 6.45) is 4.22. The van der Waals surface area contributed by atoms with Gasteiger partial charge in [0.15, 0.2) is 0 Å². The van der Waals surface area contributed by atoms with Crippen molar-refractivity contribution < 1.29 is 13.2 Å². The third-order valence-corrected chi connectivity index (χ3v) is 6.87. The monoisotopic (exact) mass is 352 g/mol. The summed E-state index contributed by atoms with van der Waals surface area (Å²) in [6.45, 7) is 7.41. The molecule has 0 radical (unpaired) electrons. The molecule has 1 aliphatic heterocycles. The number of carbonyl (C=O) groups excluding carboxylic acids is 1. The van der Waals surface area contributed by atoms with Gasteiger partial charge in [0.05, 0.1) is 4.90 Å². The summed E-state index contributed by atoms with van der Waals surface area (Å²) in [4.78, 5) is 14.9. The second-order valence-electron chi connectivity index (χ2n) is 6.17. The highest BCUT2D eigenvalue weighted by molar-refractivity contribution is 7.89. The molecule has 0 spiro atoms. The lowest BCUT2D eigenvalue weighted by molar-refractivity contribution is 0.0608. The fraction of sp³-hybridized carbons (Fsp3) is 0.611. The summed E-state index contributed by atoms with van der Waals surface area (Å²) < 4.78 is 26.4. The zero-order valence-corrected chi connectivity index (χ0v) is 15.7. The standard InChI is InChI=1S/C18H28N2O3S/c1-4-16-9-7-8-14-20(16)18(21)15-10-12-17(13-11-15)24(22,23)19(5-2)6-3/h10-13,16H,4-9,14H2,1-3H3. The van der Waals surface area contributed by atoms with Gasteiger partial charge in [-0.05, 0) is 49.9 Å². The molecular formula is C18H28N2O3S. The van der Waals surface area contributed by atoms with Crippen LogP contribution in [0.15, 0.2) is 29.2 Å². The van der Waals surface area contributed by atoms with Crippen molar-refractivity contribution in [2.75, 3.05) is 19.6 Å². The molecule has 0 saturated carbocycles. The lowest BCUT2D eigenvalue weighted by Crippen LogP contribution is -2.43. The van der Waals surface area contributed by atoms with Gasteiger partial charge in [0.2, 0.25) is 10.0 Å². The molecule has 1 amide bonds. The van der Waals surface area contributed by atoms with E-state index in [1.54, 1.807) is 24.3 Å². The van der Waals surface area contributed by atoms with Gasteiger partial charge in [-0.25, -0.2) is 8.42 Å². The Labute approximate surface area is 145 Å². The van der Waals surface area contributed by atoms with Crippen LogP contribution < -0.4 is 0 Å². The first-order chi connectivity index (χ1) is 11.5. The van der Waals surface area contributed by atoms with Crippen LogP contribution in [0.2, 0.25) is 0 Å². The Morgan fingerprint density at radius 3 is 2.29 bits per heavy atom. The van der Waals surface area contributed by atoms with Crippen molar-refractivity contribution >= 4 is 15.9 Å². The van der Waals surface area contributed by atoms with Gasteiger partial charge in [0, 0.05) is 31.2 Å². The molecule has 1 aromatic carbocycles. The van der Waals surface area contributed by atoms with E-state index in [0.29, 0.717) is 24.7 Å². The highest BCUT2D eigenvalue weighted by Gasteiger charge is 2.27. The molecule has 6 heteroatoms. The number of hydrogen-bond donors (Lipinski definition) is 0. The summed E-state index contributed by atoms with van der Waals surface area (Å²) in [5.41, 5.74) is 0.564. The third-order valence-electron chi connectivity index (χ3n) is 4.80. The van der Waals surface area contributed by atoms with Gasteiger partial charge in [0.1, 0.15) is 0 Å². The van der Waals surface area contributed by atoms with E-state index in [-0.39, 0.29) is 10.8 Å². The maximum absolute atomic E-state index is 12.7. The van der Waals surface area contributed by atoms with Crippen LogP contribution in [-0.4, -0.2) is 49.2 Å². The Bertz CT molecular complexity index is 651. The number of hydrogen-bond acceptors (Lipinski definition) is 3. The van der Waals surface area contributed by atoms with E-state index < -0.39 is 10.0 Å². The summed E-state index contributed by atoms with van der Waals surface area (Å²) >= 11 is 0. The summed E-state index contributed by atoms with van der Waals surface area (Å²) in [5.74, 6) is 0.00772. The van der Waals surface area contributed by atoms with E-state index in [9.17, 15) is 13.2 Å². The van der Waals surface area contributed by atoms with Crippen LogP contribution in [0.5, 0.6) is 0 Å². The average molecular weight is 353 g/mol. The Morgan fingerprint density at radius 1 is 1.12 bits per heavy atom. The first-order valence-electron chi connectivity index (χ1n) is 8.86. The van der Waals surface area contributed by atoms with Crippen molar-refractivity contribution in [2.45, 2.75) is 57.4 Å². The van der Waals surface area contributed by atoms with E-state index >= 15 is 0 Å². The van der Waals surface area contributed by atoms with Crippen molar-refractivity contribution in [1.82, 2.24) is 9.21 Å². The Balaban J connectivity index is 2.21. The maximum atomic E-state index is 12.7. The lowest BCUT2D eigenvalue weighted by Gasteiger charge is -2.35. The van der Waals surface area contributed by atoms with Gasteiger partial charge in [-0.3, -0.25) is 4.79 Å². The molecule has 1 saturated heterocycles. The normalized spacial score (nSPS) is 18.8. The second kappa shape index (κ2) is 8.12. The predicted octanol–water partition coefficient (Wildman–Crippen LogP) is 3.12. The topological polar surface area (TPSA) is 57.7 Å². The van der Waals surface area contributed by atoms with Gasteiger partial charge in [0.25, 0.3) is 5.91 Å². The van der Waals surface area contributed by atoms with Gasteiger partial charge < -0.3 is 4.90 Å². The van der Waals surface area contributed by atoms with Gasteiger partial charge in [-0.2, -0.15) is 4.31 Å². The molecule has 24 heavy (non-hydrogen) atoms. The molecule has 1 fully saturated rings. The molecule has 1 atom stereocenters. The Morgan fingerprint density at radius 2 is 1.75 bits per heavy atom. The number of nitrogens with zero attached hydrogens (tertiary/aromatic N) is 2. The van der Waals surface area contributed by atoms with Crippen molar-refractivity contribution in [1.29, 1.82) is 0 Å². The predicted molar refractivity (Wildman–Crippen MR) is 95.5 cm³/mol. The SMILES string of the molecule is CCC1CCCCN1C(=O)c1ccc(S(=O)(=O)N(CC)CC)cc1. The van der Waals surface area contributed by atoms with Crippen LogP contribution >= 0.6 is 0 Å². The number of amides is 1. The highest BCUT2D eigenvalue weighted by atomic mass is 32.2. The zero-order valence-electron chi connectivity index (χ0n) is 14.9. The summed E-state index contributed by atoms with van der Waals surface area (Å²) in [7, 11) is -3.48. The molecule has 0 aromatic heterocycles. The fourth-order valence-electron chi connectivity index (χ4n) is 3.34. The molecule has 1 unspecified atom stereocenters. The Kier molecular flexibility index (Phi) is 6.40. The smallest absolute Gasteiger partial charge is 0.254 e. The van der Waals surface area contributed by atoms with Crippen LogP contribution in [0.1, 0.15) is 56.8 Å². The third kappa shape index (κ3) is 3.81. The summed E-state index contributed by atoms with van der Waals surface area (Å²) in [6, 6.07) is 6.67. The minimum absolute atomic E-state index is 0.00772. The highest BCUT2D eigenvalue weighted by Crippen LogP contribution is 2.23. The number of carbonyl (C=O) groups is 1. The largest absolute Gasteiger partial charge is 0.336 e. The molecule has 0 bridgehead atoms. The maximum Gasteiger partial charge on any atom is 0.254 e. The van der Waals surface area contributed by atoms with Crippen molar-refractivity contribution in [3.63, 3.8) is 0 Å². The van der Waals surface area contributed by atoms with Crippen molar-refractivity contribution in [3.8, 4) is 0 Å². The van der Waals surface area contributed by atoms with Crippen LogP contribution in [0, 0.1) is 0 Å². The molecule has 5 nitrogen and oxygen atoms in total. The van der Waals surface area contributed by atoms with E-state index in [1.807, 2.05) is 18.7 Å². The van der Waals surface area contributed by atoms with E-state index in [4.69, 9.17) is 0 Å². The minimum atomic E-state index is -3.48. The summed E-state index contributed by atoms with van der Waals surface area (Å²) in [5, 5.41) is 0.